The molecule has 2 aromatic carbocycles. The molecule has 1 heterocycles. The Kier molecular flexibility index (Phi) is 6.86. The lowest BCUT2D eigenvalue weighted by Crippen LogP contribution is -2.06. The number of esters is 1. The van der Waals surface area contributed by atoms with Crippen LogP contribution >= 0.6 is 15.9 Å². The number of carbonyl (C=O) groups is 1. The monoisotopic (exact) mass is 486 g/mol. The van der Waals surface area contributed by atoms with E-state index in [2.05, 4.69) is 27.5 Å². The van der Waals surface area contributed by atoms with Crippen molar-refractivity contribution in [3.63, 3.8) is 0 Å². The van der Waals surface area contributed by atoms with Crippen LogP contribution in [0.4, 0.5) is 5.69 Å². The standard InChI is InChI=1S/C22H19BrN2O6/c1-4-8-30-20-16(23)9-14(11-19(20)29-5-2)10-17-22(26)31-21(24-17)15-7-6-13(3)18(12-15)25(27)28/h4,6-7,9-12H,1,5,8H2,2-3H3/b17-10-. The number of nitro benzene ring substituents is 1. The van der Waals surface area contributed by atoms with Crippen molar-refractivity contribution >= 4 is 39.6 Å². The largest absolute Gasteiger partial charge is 0.490 e. The summed E-state index contributed by atoms with van der Waals surface area (Å²) in [6.45, 7) is 7.84. The third-order valence-electron chi connectivity index (χ3n) is 4.25. The zero-order valence-corrected chi connectivity index (χ0v) is 18.5. The third kappa shape index (κ3) is 5.00. The van der Waals surface area contributed by atoms with Crippen molar-refractivity contribution in [1.82, 2.24) is 0 Å². The molecule has 0 saturated heterocycles. The van der Waals surface area contributed by atoms with E-state index in [-0.39, 0.29) is 17.3 Å². The topological polar surface area (TPSA) is 100 Å². The minimum absolute atomic E-state index is 0.00869. The van der Waals surface area contributed by atoms with Crippen molar-refractivity contribution in [2.75, 3.05) is 13.2 Å². The van der Waals surface area contributed by atoms with Crippen LogP contribution < -0.4 is 9.47 Å². The number of rotatable bonds is 8. The Bertz CT molecular complexity index is 1120. The lowest BCUT2D eigenvalue weighted by atomic mass is 10.1. The second-order valence-electron chi connectivity index (χ2n) is 6.46. The summed E-state index contributed by atoms with van der Waals surface area (Å²) in [6.07, 6.45) is 3.17. The van der Waals surface area contributed by atoms with Gasteiger partial charge in [0.25, 0.3) is 5.69 Å². The number of benzene rings is 2. The summed E-state index contributed by atoms with van der Waals surface area (Å²) in [4.78, 5) is 27.3. The normalized spacial score (nSPS) is 14.2. The number of carbonyl (C=O) groups excluding carboxylic acids is 1. The Morgan fingerprint density at radius 3 is 2.74 bits per heavy atom. The maximum atomic E-state index is 12.3. The highest BCUT2D eigenvalue weighted by molar-refractivity contribution is 9.10. The number of nitrogens with zero attached hydrogens (tertiary/aromatic N) is 2. The molecule has 0 fully saturated rings. The van der Waals surface area contributed by atoms with Gasteiger partial charge in [-0.05, 0) is 59.6 Å². The molecule has 1 aliphatic heterocycles. The Hall–Kier alpha value is -3.46. The first-order valence-corrected chi connectivity index (χ1v) is 10.1. The minimum Gasteiger partial charge on any atom is -0.490 e. The average Bonchev–Trinajstić information content (AvgIpc) is 3.08. The number of hydrogen-bond acceptors (Lipinski definition) is 7. The molecule has 0 bridgehead atoms. The number of aliphatic imine (C=N–C) groups is 1. The number of aryl methyl sites for hydroxylation is 1. The molecule has 0 spiro atoms. The van der Waals surface area contributed by atoms with E-state index < -0.39 is 10.9 Å². The molecule has 0 saturated carbocycles. The third-order valence-corrected chi connectivity index (χ3v) is 4.84. The first kappa shape index (κ1) is 22.2. The first-order chi connectivity index (χ1) is 14.8. The summed E-state index contributed by atoms with van der Waals surface area (Å²) in [7, 11) is 0. The molecule has 3 rings (SSSR count). The van der Waals surface area contributed by atoms with Gasteiger partial charge in [0.05, 0.1) is 16.0 Å². The van der Waals surface area contributed by atoms with E-state index in [0.717, 1.165) is 0 Å². The van der Waals surface area contributed by atoms with Gasteiger partial charge in [-0.15, -0.1) is 0 Å². The Labute approximate surface area is 187 Å². The molecule has 8 nitrogen and oxygen atoms in total. The highest BCUT2D eigenvalue weighted by Gasteiger charge is 2.26. The van der Waals surface area contributed by atoms with Gasteiger partial charge in [0.2, 0.25) is 5.90 Å². The molecule has 9 heteroatoms. The predicted octanol–water partition coefficient (Wildman–Crippen LogP) is 4.97. The van der Waals surface area contributed by atoms with E-state index in [9.17, 15) is 14.9 Å². The van der Waals surface area contributed by atoms with Gasteiger partial charge in [0.1, 0.15) is 6.61 Å². The van der Waals surface area contributed by atoms with Gasteiger partial charge in [-0.25, -0.2) is 9.79 Å². The van der Waals surface area contributed by atoms with Gasteiger partial charge >= 0.3 is 5.97 Å². The molecule has 0 aliphatic carbocycles. The summed E-state index contributed by atoms with van der Waals surface area (Å²) in [5.41, 5.74) is 1.47. The van der Waals surface area contributed by atoms with Crippen molar-refractivity contribution in [3.05, 3.63) is 80.0 Å². The zero-order chi connectivity index (χ0) is 22.5. The van der Waals surface area contributed by atoms with Crippen LogP contribution in [-0.4, -0.2) is 30.0 Å². The molecule has 0 aromatic heterocycles. The zero-order valence-electron chi connectivity index (χ0n) is 16.9. The van der Waals surface area contributed by atoms with E-state index in [1.165, 1.54) is 6.07 Å². The van der Waals surface area contributed by atoms with Crippen molar-refractivity contribution in [1.29, 1.82) is 0 Å². The van der Waals surface area contributed by atoms with Crippen LogP contribution in [0, 0.1) is 17.0 Å². The average molecular weight is 487 g/mol. The maximum Gasteiger partial charge on any atom is 0.363 e. The summed E-state index contributed by atoms with van der Waals surface area (Å²) in [6, 6.07) is 8.01. The van der Waals surface area contributed by atoms with Crippen LogP contribution in [0.15, 0.2) is 58.1 Å². The van der Waals surface area contributed by atoms with E-state index in [4.69, 9.17) is 14.2 Å². The van der Waals surface area contributed by atoms with Crippen LogP contribution in [0.2, 0.25) is 0 Å². The second-order valence-corrected chi connectivity index (χ2v) is 7.31. The molecule has 160 valence electrons. The fourth-order valence-electron chi connectivity index (χ4n) is 2.85. The molecule has 31 heavy (non-hydrogen) atoms. The quantitative estimate of drug-likeness (QED) is 0.171. The number of cyclic esters (lactones) is 1. The molecule has 0 atom stereocenters. The van der Waals surface area contributed by atoms with E-state index in [0.29, 0.717) is 45.9 Å². The number of ether oxygens (including phenoxy) is 3. The van der Waals surface area contributed by atoms with Crippen molar-refractivity contribution in [2.24, 2.45) is 4.99 Å². The van der Waals surface area contributed by atoms with Crippen molar-refractivity contribution < 1.29 is 23.9 Å². The van der Waals surface area contributed by atoms with E-state index in [1.54, 1.807) is 43.3 Å². The van der Waals surface area contributed by atoms with E-state index in [1.807, 2.05) is 6.92 Å². The first-order valence-electron chi connectivity index (χ1n) is 9.32. The fourth-order valence-corrected chi connectivity index (χ4v) is 3.42. The SMILES string of the molecule is C=CCOc1c(Br)cc(/C=C2\N=C(c3ccc(C)c([N+](=O)[O-])c3)OC2=O)cc1OCC. The van der Waals surface area contributed by atoms with Gasteiger partial charge < -0.3 is 14.2 Å². The molecule has 0 unspecified atom stereocenters. The summed E-state index contributed by atoms with van der Waals surface area (Å²) in [5, 5.41) is 11.2. The summed E-state index contributed by atoms with van der Waals surface area (Å²) >= 11 is 3.46. The van der Waals surface area contributed by atoms with Gasteiger partial charge in [-0.3, -0.25) is 10.1 Å². The molecule has 2 aromatic rings. The Balaban J connectivity index is 1.97. The molecule has 0 radical (unpaired) electrons. The predicted molar refractivity (Wildman–Crippen MR) is 119 cm³/mol. The summed E-state index contributed by atoms with van der Waals surface area (Å²) < 4.78 is 17.2. The highest BCUT2D eigenvalue weighted by Crippen LogP contribution is 2.38. The van der Waals surface area contributed by atoms with Crippen molar-refractivity contribution in [2.45, 2.75) is 13.8 Å². The second kappa shape index (κ2) is 9.57. The van der Waals surface area contributed by atoms with Gasteiger partial charge in [0, 0.05) is 17.2 Å². The molecular weight excluding hydrogens is 468 g/mol. The van der Waals surface area contributed by atoms with Gasteiger partial charge in [0.15, 0.2) is 17.2 Å². The van der Waals surface area contributed by atoms with Crippen molar-refractivity contribution in [3.8, 4) is 11.5 Å². The number of hydrogen-bond donors (Lipinski definition) is 0. The minimum atomic E-state index is -0.653. The van der Waals surface area contributed by atoms with E-state index >= 15 is 0 Å². The molecule has 0 amide bonds. The van der Waals surface area contributed by atoms with Crippen LogP contribution in [0.5, 0.6) is 11.5 Å². The van der Waals surface area contributed by atoms with Gasteiger partial charge in [-0.2, -0.15) is 0 Å². The maximum absolute atomic E-state index is 12.3. The number of halogens is 1. The van der Waals surface area contributed by atoms with Crippen LogP contribution in [0.3, 0.4) is 0 Å². The Morgan fingerprint density at radius 2 is 2.06 bits per heavy atom. The van der Waals surface area contributed by atoms with Crippen LogP contribution in [0.25, 0.3) is 6.08 Å². The molecule has 0 N–H and O–H groups in total. The van der Waals surface area contributed by atoms with Gasteiger partial charge in [-0.1, -0.05) is 18.7 Å². The lowest BCUT2D eigenvalue weighted by Gasteiger charge is -2.13. The molecule has 1 aliphatic rings. The Morgan fingerprint density at radius 1 is 1.29 bits per heavy atom. The van der Waals surface area contributed by atoms with Crippen LogP contribution in [0.1, 0.15) is 23.6 Å². The fraction of sp³-hybridized carbons (Fsp3) is 0.182. The lowest BCUT2D eigenvalue weighted by molar-refractivity contribution is -0.385. The van der Waals surface area contributed by atoms with Crippen LogP contribution in [-0.2, 0) is 9.53 Å². The smallest absolute Gasteiger partial charge is 0.363 e. The summed E-state index contributed by atoms with van der Waals surface area (Å²) in [5.74, 6) is 0.373. The molecular formula is C22H19BrN2O6. The number of nitro groups is 1. The highest BCUT2D eigenvalue weighted by atomic mass is 79.9.